The Bertz CT molecular complexity index is 1360. The summed E-state index contributed by atoms with van der Waals surface area (Å²) in [6.45, 7) is 3.97. The van der Waals surface area contributed by atoms with Crippen molar-refractivity contribution in [2.24, 2.45) is 0 Å². The minimum Gasteiger partial charge on any atom is -0.390 e. The maximum atomic E-state index is 12.3. The van der Waals surface area contributed by atoms with Crippen LogP contribution < -0.4 is 5.32 Å². The van der Waals surface area contributed by atoms with Crippen LogP contribution in [-0.4, -0.2) is 70.8 Å². The molecule has 0 aromatic carbocycles. The van der Waals surface area contributed by atoms with Gasteiger partial charge in [0.15, 0.2) is 5.65 Å². The highest BCUT2D eigenvalue weighted by atomic mass is 16.3. The lowest BCUT2D eigenvalue weighted by Gasteiger charge is -2.33. The van der Waals surface area contributed by atoms with E-state index in [-0.39, 0.29) is 18.5 Å². The minimum absolute atomic E-state index is 0.0149. The Kier molecular flexibility index (Phi) is 5.47. The maximum Gasteiger partial charge on any atom is 0.242 e. The van der Waals surface area contributed by atoms with E-state index in [1.165, 1.54) is 0 Å². The van der Waals surface area contributed by atoms with Crippen LogP contribution in [0.25, 0.3) is 27.9 Å². The number of carbonyl (C=O) groups is 1. The zero-order valence-electron chi connectivity index (χ0n) is 20.0. The highest BCUT2D eigenvalue weighted by Gasteiger charge is 2.29. The van der Waals surface area contributed by atoms with Crippen molar-refractivity contribution in [1.29, 1.82) is 0 Å². The van der Waals surface area contributed by atoms with E-state index in [1.54, 1.807) is 29.7 Å². The van der Waals surface area contributed by atoms with Crippen molar-refractivity contribution in [3.63, 3.8) is 0 Å². The molecule has 1 aliphatic rings. The Labute approximate surface area is 197 Å². The fourth-order valence-electron chi connectivity index (χ4n) is 4.48. The van der Waals surface area contributed by atoms with Crippen LogP contribution in [0, 0.1) is 6.92 Å². The van der Waals surface area contributed by atoms with Gasteiger partial charge >= 0.3 is 0 Å². The molecular formula is C24H30N8O2. The highest BCUT2D eigenvalue weighted by Crippen LogP contribution is 2.30. The van der Waals surface area contributed by atoms with Gasteiger partial charge in [0, 0.05) is 31.9 Å². The molecule has 1 saturated carbocycles. The van der Waals surface area contributed by atoms with Gasteiger partial charge < -0.3 is 19.9 Å². The molecule has 0 aliphatic heterocycles. The second-order valence-corrected chi connectivity index (χ2v) is 9.63. The molecule has 10 nitrogen and oxygen atoms in total. The van der Waals surface area contributed by atoms with Crippen molar-refractivity contribution in [2.75, 3.05) is 19.4 Å². The minimum atomic E-state index is -0.569. The van der Waals surface area contributed by atoms with Crippen LogP contribution in [0.3, 0.4) is 0 Å². The largest absolute Gasteiger partial charge is 0.390 e. The monoisotopic (exact) mass is 462 g/mol. The number of rotatable bonds is 5. The van der Waals surface area contributed by atoms with Crippen molar-refractivity contribution < 1.29 is 9.90 Å². The quantitative estimate of drug-likeness (QED) is 0.469. The molecule has 1 amide bonds. The molecule has 0 saturated heterocycles. The number of pyridine rings is 1. The summed E-state index contributed by atoms with van der Waals surface area (Å²) in [5.74, 6) is 1.30. The van der Waals surface area contributed by atoms with E-state index in [1.807, 2.05) is 42.8 Å². The molecule has 34 heavy (non-hydrogen) atoms. The molecule has 4 heterocycles. The van der Waals surface area contributed by atoms with Gasteiger partial charge in [0.05, 0.1) is 23.0 Å². The number of nitrogens with zero attached hydrogens (tertiary/aromatic N) is 7. The van der Waals surface area contributed by atoms with Gasteiger partial charge in [-0.3, -0.25) is 4.79 Å². The highest BCUT2D eigenvalue weighted by molar-refractivity contribution is 5.84. The summed E-state index contributed by atoms with van der Waals surface area (Å²) >= 11 is 0. The van der Waals surface area contributed by atoms with E-state index in [0.717, 1.165) is 53.8 Å². The molecule has 178 valence electrons. The predicted molar refractivity (Wildman–Crippen MR) is 129 cm³/mol. The van der Waals surface area contributed by atoms with Gasteiger partial charge in [0.25, 0.3) is 0 Å². The smallest absolute Gasteiger partial charge is 0.242 e. The van der Waals surface area contributed by atoms with Gasteiger partial charge in [0.1, 0.15) is 17.9 Å². The van der Waals surface area contributed by atoms with Crippen molar-refractivity contribution >= 4 is 28.5 Å². The number of aromatic nitrogens is 6. The van der Waals surface area contributed by atoms with Gasteiger partial charge in [-0.25, -0.2) is 19.5 Å². The molecule has 0 bridgehead atoms. The van der Waals surface area contributed by atoms with Crippen molar-refractivity contribution in [3.8, 4) is 11.3 Å². The Morgan fingerprint density at radius 1 is 1.24 bits per heavy atom. The number of anilines is 1. The number of hydrogen-bond donors (Lipinski definition) is 2. The molecule has 0 unspecified atom stereocenters. The van der Waals surface area contributed by atoms with Crippen molar-refractivity contribution in [2.45, 2.75) is 57.7 Å². The number of carbonyl (C=O) groups excluding carboxylic acids is 1. The zero-order valence-corrected chi connectivity index (χ0v) is 20.0. The zero-order chi connectivity index (χ0) is 24.0. The summed E-state index contributed by atoms with van der Waals surface area (Å²) in [5, 5.41) is 18.2. The number of amides is 1. The fraction of sp³-hybridized carbons (Fsp3) is 0.458. The average molecular weight is 463 g/mol. The SMILES string of the molecule is Cc1nc2ccc(-c3ccn4nc(NC5CCC(C)(O)CC5)ncc34)nc2n1CC(=O)N(C)C. The standard InChI is InChI=1S/C24H30N8O2/c1-15-26-19-6-5-18(28-22(19)31(15)14-21(33)30(3)4)17-9-12-32-20(17)13-25-23(29-32)27-16-7-10-24(2,34)11-8-16/h5-6,9,12-13,16,34H,7-8,10-11,14H2,1-4H3,(H,27,29). The molecule has 0 spiro atoms. The third-order valence-corrected chi connectivity index (χ3v) is 6.66. The lowest BCUT2D eigenvalue weighted by Crippen LogP contribution is -2.36. The summed E-state index contributed by atoms with van der Waals surface area (Å²) in [4.78, 5) is 27.8. The average Bonchev–Trinajstić information content (AvgIpc) is 3.35. The molecule has 0 atom stereocenters. The molecule has 4 aromatic rings. The summed E-state index contributed by atoms with van der Waals surface area (Å²) in [6, 6.07) is 6.09. The van der Waals surface area contributed by atoms with Crippen molar-refractivity contribution in [1.82, 2.24) is 34.0 Å². The second kappa shape index (κ2) is 8.35. The third-order valence-electron chi connectivity index (χ3n) is 6.66. The third kappa shape index (κ3) is 4.21. The number of nitrogens with one attached hydrogen (secondary N) is 1. The molecule has 10 heteroatoms. The first-order valence-corrected chi connectivity index (χ1v) is 11.6. The van der Waals surface area contributed by atoms with Crippen LogP contribution in [0.1, 0.15) is 38.4 Å². The van der Waals surface area contributed by atoms with E-state index >= 15 is 0 Å². The Balaban J connectivity index is 1.43. The lowest BCUT2D eigenvalue weighted by atomic mass is 9.84. The molecular weight excluding hydrogens is 432 g/mol. The molecule has 5 rings (SSSR count). The first-order valence-electron chi connectivity index (χ1n) is 11.6. The Morgan fingerprint density at radius 2 is 2.00 bits per heavy atom. The first kappa shape index (κ1) is 22.3. The molecule has 1 aliphatic carbocycles. The number of aryl methyl sites for hydroxylation is 1. The van der Waals surface area contributed by atoms with E-state index in [9.17, 15) is 9.90 Å². The van der Waals surface area contributed by atoms with Crippen LogP contribution in [0.4, 0.5) is 5.95 Å². The number of imidazole rings is 1. The molecule has 0 radical (unpaired) electrons. The van der Waals surface area contributed by atoms with E-state index in [0.29, 0.717) is 11.6 Å². The molecule has 1 fully saturated rings. The van der Waals surface area contributed by atoms with Gasteiger partial charge in [-0.2, -0.15) is 0 Å². The maximum absolute atomic E-state index is 12.3. The summed E-state index contributed by atoms with van der Waals surface area (Å²) in [7, 11) is 3.48. The van der Waals surface area contributed by atoms with Crippen LogP contribution in [-0.2, 0) is 11.3 Å². The lowest BCUT2D eigenvalue weighted by molar-refractivity contribution is -0.129. The van der Waals surface area contributed by atoms with E-state index < -0.39 is 5.60 Å². The summed E-state index contributed by atoms with van der Waals surface area (Å²) < 4.78 is 3.65. The van der Waals surface area contributed by atoms with E-state index in [2.05, 4.69) is 20.4 Å². The fourth-order valence-corrected chi connectivity index (χ4v) is 4.48. The van der Waals surface area contributed by atoms with Crippen LogP contribution in [0.5, 0.6) is 0 Å². The van der Waals surface area contributed by atoms with E-state index in [4.69, 9.17) is 4.98 Å². The first-order chi connectivity index (χ1) is 16.2. The van der Waals surface area contributed by atoms with Crippen LogP contribution in [0.2, 0.25) is 0 Å². The summed E-state index contributed by atoms with van der Waals surface area (Å²) in [6.07, 6.45) is 7.01. The molecule has 2 N–H and O–H groups in total. The van der Waals surface area contributed by atoms with Crippen molar-refractivity contribution in [3.05, 3.63) is 36.4 Å². The van der Waals surface area contributed by atoms with Gasteiger partial charge in [-0.15, -0.1) is 5.10 Å². The van der Waals surface area contributed by atoms with Gasteiger partial charge in [-0.05, 0) is 57.7 Å². The second-order valence-electron chi connectivity index (χ2n) is 9.63. The predicted octanol–water partition coefficient (Wildman–Crippen LogP) is 2.64. The van der Waals surface area contributed by atoms with Crippen LogP contribution >= 0.6 is 0 Å². The number of fused-ring (bicyclic) bond motifs is 2. The Hall–Kier alpha value is -3.53. The number of aliphatic hydroxyl groups is 1. The normalized spacial score (nSPS) is 20.7. The van der Waals surface area contributed by atoms with Gasteiger partial charge in [-0.1, -0.05) is 0 Å². The topological polar surface area (TPSA) is 113 Å². The van der Waals surface area contributed by atoms with Crippen LogP contribution in [0.15, 0.2) is 30.6 Å². The van der Waals surface area contributed by atoms with Gasteiger partial charge in [0.2, 0.25) is 11.9 Å². The summed E-state index contributed by atoms with van der Waals surface area (Å²) in [5.41, 5.74) is 3.39. The Morgan fingerprint density at radius 3 is 2.74 bits per heavy atom. The molecule has 4 aromatic heterocycles. The number of hydrogen-bond acceptors (Lipinski definition) is 7. The number of likely N-dealkylation sites (N-methyl/N-ethyl adjacent to an activating group) is 1.